The van der Waals surface area contributed by atoms with Crippen molar-refractivity contribution < 1.29 is 17.9 Å². The Kier molecular flexibility index (Phi) is 7.89. The highest BCUT2D eigenvalue weighted by atomic mass is 32.2. The number of amides is 2. The van der Waals surface area contributed by atoms with Gasteiger partial charge in [0.1, 0.15) is 11.1 Å². The van der Waals surface area contributed by atoms with E-state index in [4.69, 9.17) is 4.74 Å². The highest BCUT2D eigenvalue weighted by Crippen LogP contribution is 2.37. The van der Waals surface area contributed by atoms with Gasteiger partial charge < -0.3 is 15.4 Å². The quantitative estimate of drug-likeness (QED) is 0.366. The van der Waals surface area contributed by atoms with Crippen molar-refractivity contribution in [1.82, 2.24) is 15.0 Å². The molecule has 0 saturated heterocycles. The first-order valence-electron chi connectivity index (χ1n) is 11.6. The van der Waals surface area contributed by atoms with Crippen LogP contribution < -0.4 is 15.4 Å². The number of carbonyl (C=O) groups is 1. The Labute approximate surface area is 215 Å². The van der Waals surface area contributed by atoms with E-state index < -0.39 is 21.6 Å². The van der Waals surface area contributed by atoms with E-state index in [-0.39, 0.29) is 11.0 Å². The van der Waals surface area contributed by atoms with E-state index in [1.165, 1.54) is 17.4 Å². The summed E-state index contributed by atoms with van der Waals surface area (Å²) in [5.74, 6) is 0. The van der Waals surface area contributed by atoms with Gasteiger partial charge in [-0.05, 0) is 44.9 Å². The molecule has 1 aliphatic rings. The lowest BCUT2D eigenvalue weighted by Gasteiger charge is -2.22. The van der Waals surface area contributed by atoms with E-state index in [0.29, 0.717) is 29.3 Å². The van der Waals surface area contributed by atoms with Crippen LogP contribution in [0.15, 0.2) is 71.8 Å². The number of sulfonamides is 1. The Hall–Kier alpha value is -3.05. The first-order valence-corrected chi connectivity index (χ1v) is 13.9. The van der Waals surface area contributed by atoms with Crippen LogP contribution in [0.4, 0.5) is 10.5 Å². The summed E-state index contributed by atoms with van der Waals surface area (Å²) in [7, 11) is -3.91. The molecule has 36 heavy (non-hydrogen) atoms. The topological polar surface area (TPSA) is 109 Å². The van der Waals surface area contributed by atoms with Crippen LogP contribution in [0.25, 0.3) is 10.4 Å². The minimum absolute atomic E-state index is 0.0675. The van der Waals surface area contributed by atoms with Gasteiger partial charge in [-0.25, -0.2) is 22.9 Å². The zero-order valence-electron chi connectivity index (χ0n) is 20.4. The van der Waals surface area contributed by atoms with Gasteiger partial charge in [0.25, 0.3) is 0 Å². The summed E-state index contributed by atoms with van der Waals surface area (Å²) in [5, 5.41) is 6.32. The lowest BCUT2D eigenvalue weighted by molar-refractivity contribution is 0.0676. The number of benzene rings is 2. The summed E-state index contributed by atoms with van der Waals surface area (Å²) in [5.41, 5.74) is 1.15. The Bertz CT molecular complexity index is 1350. The number of nitrogens with one attached hydrogen (secondary N) is 3. The molecule has 0 fully saturated rings. The summed E-state index contributed by atoms with van der Waals surface area (Å²) in [6.07, 6.45) is 6.28. The maximum atomic E-state index is 13.4. The summed E-state index contributed by atoms with van der Waals surface area (Å²) in [6, 6.07) is 14.0. The molecule has 10 heteroatoms. The van der Waals surface area contributed by atoms with Crippen molar-refractivity contribution >= 4 is 33.1 Å². The lowest BCUT2D eigenvalue weighted by Crippen LogP contribution is -2.40. The molecule has 0 aliphatic carbocycles. The number of nitrogens with zero attached hydrogens (tertiary/aromatic N) is 1. The normalized spacial score (nSPS) is 16.0. The van der Waals surface area contributed by atoms with Crippen LogP contribution in [0.3, 0.4) is 0 Å². The average molecular weight is 527 g/mol. The van der Waals surface area contributed by atoms with Crippen molar-refractivity contribution in [3.8, 4) is 10.4 Å². The van der Waals surface area contributed by atoms with Crippen molar-refractivity contribution in [3.63, 3.8) is 0 Å². The maximum absolute atomic E-state index is 13.4. The van der Waals surface area contributed by atoms with E-state index in [1.807, 2.05) is 36.4 Å². The SMILES string of the molecule is CC(C)(C)NS(=O)(=O)c1cc(NC(=O)NCc2ccccc2)ccc1-c1cnc(C2CC=CCO2)s1. The van der Waals surface area contributed by atoms with Crippen LogP contribution >= 0.6 is 11.3 Å². The fourth-order valence-corrected chi connectivity index (χ4v) is 6.45. The third kappa shape index (κ3) is 6.79. The molecule has 2 heterocycles. The standard InChI is InChI=1S/C26H30N4O4S2/c1-26(2,3)30-36(32,33)23-15-19(29-25(31)28-16-18-9-5-4-6-10-18)12-13-20(23)22-17-27-24(35-22)21-11-7-8-14-34-21/h4-10,12-13,15,17,21,30H,11,14,16H2,1-3H3,(H2,28,29,31). The predicted octanol–water partition coefficient (Wildman–Crippen LogP) is 5.23. The first-order chi connectivity index (χ1) is 17.1. The third-order valence-electron chi connectivity index (χ3n) is 5.24. The number of rotatable bonds is 7. The van der Waals surface area contributed by atoms with Crippen LogP contribution in [0.2, 0.25) is 0 Å². The molecule has 0 spiro atoms. The van der Waals surface area contributed by atoms with E-state index in [9.17, 15) is 13.2 Å². The fourth-order valence-electron chi connectivity index (χ4n) is 3.70. The fraction of sp³-hybridized carbons (Fsp3) is 0.308. The zero-order valence-corrected chi connectivity index (χ0v) is 22.1. The number of hydrogen-bond donors (Lipinski definition) is 3. The van der Waals surface area contributed by atoms with Crippen LogP contribution in [-0.4, -0.2) is 31.6 Å². The lowest BCUT2D eigenvalue weighted by atomic mass is 10.1. The van der Waals surface area contributed by atoms with Crippen LogP contribution in [0, 0.1) is 0 Å². The van der Waals surface area contributed by atoms with E-state index in [0.717, 1.165) is 17.0 Å². The zero-order chi connectivity index (χ0) is 25.8. The van der Waals surface area contributed by atoms with Gasteiger partial charge in [0.2, 0.25) is 10.0 Å². The summed E-state index contributed by atoms with van der Waals surface area (Å²) in [6.45, 7) is 6.22. The minimum Gasteiger partial charge on any atom is -0.367 e. The molecule has 2 amide bonds. The number of ether oxygens (including phenoxy) is 1. The van der Waals surface area contributed by atoms with Gasteiger partial charge in [-0.15, -0.1) is 11.3 Å². The molecule has 3 N–H and O–H groups in total. The molecule has 3 aromatic rings. The number of carbonyl (C=O) groups excluding carboxylic acids is 1. The van der Waals surface area contributed by atoms with E-state index in [1.54, 1.807) is 39.1 Å². The Morgan fingerprint density at radius 1 is 1.14 bits per heavy atom. The van der Waals surface area contributed by atoms with E-state index >= 15 is 0 Å². The molecule has 1 aromatic heterocycles. The Morgan fingerprint density at radius 3 is 2.61 bits per heavy atom. The molecule has 1 aliphatic heterocycles. The molecular weight excluding hydrogens is 496 g/mol. The third-order valence-corrected chi connectivity index (χ3v) is 8.16. The number of hydrogen-bond acceptors (Lipinski definition) is 6. The van der Waals surface area contributed by atoms with Crippen LogP contribution in [0.5, 0.6) is 0 Å². The second-order valence-corrected chi connectivity index (χ2v) is 12.2. The largest absolute Gasteiger partial charge is 0.367 e. The highest BCUT2D eigenvalue weighted by molar-refractivity contribution is 7.89. The van der Waals surface area contributed by atoms with Gasteiger partial charge in [0.05, 0.1) is 16.4 Å². The second kappa shape index (κ2) is 10.9. The van der Waals surface area contributed by atoms with Crippen molar-refractivity contribution in [2.75, 3.05) is 11.9 Å². The van der Waals surface area contributed by atoms with Gasteiger partial charge >= 0.3 is 6.03 Å². The maximum Gasteiger partial charge on any atom is 0.319 e. The van der Waals surface area contributed by atoms with Crippen molar-refractivity contribution in [2.24, 2.45) is 0 Å². The molecule has 0 radical (unpaired) electrons. The molecule has 1 unspecified atom stereocenters. The summed E-state index contributed by atoms with van der Waals surface area (Å²) < 4.78 is 35.3. The van der Waals surface area contributed by atoms with Crippen molar-refractivity contribution in [2.45, 2.75) is 50.3 Å². The van der Waals surface area contributed by atoms with Gasteiger partial charge in [0, 0.05) is 29.5 Å². The van der Waals surface area contributed by atoms with Gasteiger partial charge in [-0.3, -0.25) is 0 Å². The average Bonchev–Trinajstić information content (AvgIpc) is 3.33. The van der Waals surface area contributed by atoms with Gasteiger partial charge in [0.15, 0.2) is 0 Å². The van der Waals surface area contributed by atoms with Crippen LogP contribution in [0.1, 0.15) is 43.9 Å². The number of thiazole rings is 1. The number of anilines is 1. The molecule has 1 atom stereocenters. The monoisotopic (exact) mass is 526 g/mol. The molecule has 190 valence electrons. The minimum atomic E-state index is -3.91. The Balaban J connectivity index is 1.61. The smallest absolute Gasteiger partial charge is 0.319 e. The highest BCUT2D eigenvalue weighted by Gasteiger charge is 2.27. The molecule has 2 aromatic carbocycles. The predicted molar refractivity (Wildman–Crippen MR) is 142 cm³/mol. The van der Waals surface area contributed by atoms with Gasteiger partial charge in [-0.2, -0.15) is 0 Å². The Morgan fingerprint density at radius 2 is 1.92 bits per heavy atom. The number of urea groups is 1. The van der Waals surface area contributed by atoms with Crippen LogP contribution in [-0.2, 0) is 21.3 Å². The number of aromatic nitrogens is 1. The molecule has 4 rings (SSSR count). The molecule has 0 saturated carbocycles. The molecule has 0 bridgehead atoms. The van der Waals surface area contributed by atoms with Crippen molar-refractivity contribution in [1.29, 1.82) is 0 Å². The summed E-state index contributed by atoms with van der Waals surface area (Å²) >= 11 is 1.40. The summed E-state index contributed by atoms with van der Waals surface area (Å²) in [4.78, 5) is 17.8. The van der Waals surface area contributed by atoms with Crippen molar-refractivity contribution in [3.05, 3.63) is 77.5 Å². The second-order valence-electron chi connectivity index (χ2n) is 9.45. The van der Waals surface area contributed by atoms with Gasteiger partial charge in [-0.1, -0.05) is 48.6 Å². The van der Waals surface area contributed by atoms with E-state index in [2.05, 4.69) is 26.4 Å². The molecular formula is C26H30N4O4S2. The first kappa shape index (κ1) is 26.0. The molecule has 8 nitrogen and oxygen atoms in total.